The monoisotopic (exact) mass is 362 g/mol. The van der Waals surface area contributed by atoms with E-state index in [2.05, 4.69) is 86.4 Å². The highest BCUT2D eigenvalue weighted by Gasteiger charge is 2.21. The Kier molecular flexibility index (Phi) is 8.86. The van der Waals surface area contributed by atoms with E-state index < -0.39 is 0 Å². The standard InChI is InChI=1S/C15H17B.C8H14N2O/c1-13(2)16(14-9-5-3-6-10-14)15-11-7-4-8-12-15;1-3-11-8(2)6-10-5-4-9-7-10/h3-13H,1-2H3;4-5,7-8H,3,6H2,1-2H3. The minimum absolute atomic E-state index is 0.272. The maximum Gasteiger partial charge on any atom is 0.211 e. The second-order valence-corrected chi connectivity index (χ2v) is 7.07. The van der Waals surface area contributed by atoms with Crippen LogP contribution >= 0.6 is 0 Å². The molecule has 0 aliphatic carbocycles. The predicted octanol–water partition coefficient (Wildman–Crippen LogP) is 4.01. The van der Waals surface area contributed by atoms with Crippen molar-refractivity contribution in [3.8, 4) is 0 Å². The molecule has 0 amide bonds. The second-order valence-electron chi connectivity index (χ2n) is 7.07. The lowest BCUT2D eigenvalue weighted by atomic mass is 9.34. The molecule has 0 aliphatic rings. The summed E-state index contributed by atoms with van der Waals surface area (Å²) in [6, 6.07) is 21.5. The molecule has 2 aromatic carbocycles. The van der Waals surface area contributed by atoms with Crippen molar-refractivity contribution < 1.29 is 4.74 Å². The fourth-order valence-electron chi connectivity index (χ4n) is 3.31. The van der Waals surface area contributed by atoms with Gasteiger partial charge in [0.25, 0.3) is 0 Å². The van der Waals surface area contributed by atoms with E-state index in [9.17, 15) is 0 Å². The van der Waals surface area contributed by atoms with Crippen molar-refractivity contribution in [1.29, 1.82) is 0 Å². The summed E-state index contributed by atoms with van der Waals surface area (Å²) < 4.78 is 7.38. The third-order valence-electron chi connectivity index (χ3n) is 4.46. The molecule has 1 atom stereocenters. The van der Waals surface area contributed by atoms with Crippen molar-refractivity contribution in [3.63, 3.8) is 0 Å². The Labute approximate surface area is 164 Å². The average Bonchev–Trinajstić information content (AvgIpc) is 3.17. The van der Waals surface area contributed by atoms with Crippen molar-refractivity contribution in [2.75, 3.05) is 6.61 Å². The van der Waals surface area contributed by atoms with Gasteiger partial charge in [0.2, 0.25) is 6.71 Å². The highest BCUT2D eigenvalue weighted by molar-refractivity contribution is 6.86. The summed E-state index contributed by atoms with van der Waals surface area (Å²) in [7, 11) is 0. The molecule has 0 aliphatic heterocycles. The van der Waals surface area contributed by atoms with Gasteiger partial charge in [-0.15, -0.1) is 0 Å². The summed E-state index contributed by atoms with van der Waals surface area (Å²) in [5.41, 5.74) is 2.81. The first-order valence-electron chi connectivity index (χ1n) is 9.79. The van der Waals surface area contributed by atoms with Crippen molar-refractivity contribution in [1.82, 2.24) is 9.55 Å². The van der Waals surface area contributed by atoms with Crippen LogP contribution in [0.2, 0.25) is 5.82 Å². The van der Waals surface area contributed by atoms with E-state index in [1.807, 2.05) is 17.7 Å². The number of aromatic nitrogens is 2. The summed E-state index contributed by atoms with van der Waals surface area (Å²) in [5, 5.41) is 0. The van der Waals surface area contributed by atoms with Crippen LogP contribution in [0.25, 0.3) is 0 Å². The fraction of sp³-hybridized carbons (Fsp3) is 0.348. The van der Waals surface area contributed by atoms with Crippen LogP contribution in [0, 0.1) is 0 Å². The van der Waals surface area contributed by atoms with Crippen molar-refractivity contribution in [3.05, 3.63) is 79.4 Å². The first-order chi connectivity index (χ1) is 13.1. The number of hydrogen-bond acceptors (Lipinski definition) is 2. The summed E-state index contributed by atoms with van der Waals surface area (Å²) >= 11 is 0. The Balaban J connectivity index is 0.000000208. The van der Waals surface area contributed by atoms with Gasteiger partial charge in [0.1, 0.15) is 0 Å². The molecule has 4 heteroatoms. The maximum absolute atomic E-state index is 5.37. The van der Waals surface area contributed by atoms with Gasteiger partial charge in [0, 0.05) is 25.5 Å². The highest BCUT2D eigenvalue weighted by atomic mass is 16.5. The zero-order chi connectivity index (χ0) is 19.5. The second kappa shape index (κ2) is 11.4. The van der Waals surface area contributed by atoms with Crippen molar-refractivity contribution in [2.45, 2.75) is 46.2 Å². The zero-order valence-electron chi connectivity index (χ0n) is 17.0. The van der Waals surface area contributed by atoms with Gasteiger partial charge in [0.05, 0.1) is 12.4 Å². The van der Waals surface area contributed by atoms with Crippen LogP contribution in [-0.4, -0.2) is 29.0 Å². The van der Waals surface area contributed by atoms with E-state index in [1.165, 1.54) is 10.9 Å². The number of benzene rings is 2. The third-order valence-corrected chi connectivity index (χ3v) is 4.46. The summed E-state index contributed by atoms with van der Waals surface area (Å²) in [5.74, 6) is 0.616. The molecule has 0 saturated heterocycles. The highest BCUT2D eigenvalue weighted by Crippen LogP contribution is 2.08. The number of nitrogens with zero attached hydrogens (tertiary/aromatic N) is 2. The van der Waals surface area contributed by atoms with Gasteiger partial charge in [-0.1, -0.05) is 91.3 Å². The lowest BCUT2D eigenvalue weighted by molar-refractivity contribution is 0.0640. The topological polar surface area (TPSA) is 27.1 Å². The van der Waals surface area contributed by atoms with Gasteiger partial charge in [0.15, 0.2) is 0 Å². The minimum atomic E-state index is 0.272. The molecule has 3 nitrogen and oxygen atoms in total. The van der Waals surface area contributed by atoms with Gasteiger partial charge in [-0.2, -0.15) is 0 Å². The molecule has 0 radical (unpaired) electrons. The van der Waals surface area contributed by atoms with E-state index in [0.717, 1.165) is 13.2 Å². The summed E-state index contributed by atoms with van der Waals surface area (Å²) in [6.07, 6.45) is 5.79. The van der Waals surface area contributed by atoms with Crippen LogP contribution in [0.1, 0.15) is 27.7 Å². The van der Waals surface area contributed by atoms with Gasteiger partial charge >= 0.3 is 0 Å². The number of rotatable bonds is 7. The van der Waals surface area contributed by atoms with E-state index >= 15 is 0 Å². The molecule has 0 spiro atoms. The molecule has 1 aromatic heterocycles. The van der Waals surface area contributed by atoms with Gasteiger partial charge < -0.3 is 9.30 Å². The van der Waals surface area contributed by atoms with Crippen LogP contribution in [-0.2, 0) is 11.3 Å². The summed E-state index contributed by atoms with van der Waals surface area (Å²) in [4.78, 5) is 3.94. The Morgan fingerprint density at radius 3 is 1.89 bits per heavy atom. The molecule has 27 heavy (non-hydrogen) atoms. The molecule has 1 unspecified atom stereocenters. The van der Waals surface area contributed by atoms with E-state index in [4.69, 9.17) is 4.74 Å². The molecule has 0 bridgehead atoms. The van der Waals surface area contributed by atoms with E-state index in [-0.39, 0.29) is 6.10 Å². The largest absolute Gasteiger partial charge is 0.377 e. The zero-order valence-corrected chi connectivity index (χ0v) is 17.0. The van der Waals surface area contributed by atoms with Gasteiger partial charge in [-0.25, -0.2) is 4.98 Å². The maximum atomic E-state index is 5.37. The van der Waals surface area contributed by atoms with Crippen LogP contribution in [0.15, 0.2) is 79.4 Å². The lowest BCUT2D eigenvalue weighted by Gasteiger charge is -2.18. The smallest absolute Gasteiger partial charge is 0.211 e. The van der Waals surface area contributed by atoms with Gasteiger partial charge in [-0.3, -0.25) is 0 Å². The predicted molar refractivity (Wildman–Crippen MR) is 116 cm³/mol. The Bertz CT molecular complexity index is 690. The molecular weight excluding hydrogens is 331 g/mol. The first kappa shape index (κ1) is 21.0. The number of imidazole rings is 1. The number of ether oxygens (including phenoxy) is 1. The van der Waals surface area contributed by atoms with E-state index in [1.54, 1.807) is 12.5 Å². The van der Waals surface area contributed by atoms with Crippen LogP contribution in [0.5, 0.6) is 0 Å². The normalized spacial score (nSPS) is 11.6. The van der Waals surface area contributed by atoms with Crippen molar-refractivity contribution in [2.24, 2.45) is 0 Å². The quantitative estimate of drug-likeness (QED) is 0.594. The molecule has 0 N–H and O–H groups in total. The van der Waals surface area contributed by atoms with Crippen molar-refractivity contribution >= 4 is 17.6 Å². The molecule has 1 heterocycles. The average molecular weight is 362 g/mol. The molecule has 142 valence electrons. The lowest BCUT2D eigenvalue weighted by Crippen LogP contribution is -2.44. The molecule has 0 fully saturated rings. The van der Waals surface area contributed by atoms with Crippen LogP contribution in [0.4, 0.5) is 0 Å². The summed E-state index contributed by atoms with van der Waals surface area (Å²) in [6.45, 7) is 10.8. The Morgan fingerprint density at radius 1 is 0.926 bits per heavy atom. The first-order valence-corrected chi connectivity index (χ1v) is 9.79. The van der Waals surface area contributed by atoms with Crippen LogP contribution in [0.3, 0.4) is 0 Å². The Morgan fingerprint density at radius 2 is 1.48 bits per heavy atom. The fourth-order valence-corrected chi connectivity index (χ4v) is 3.31. The molecule has 0 saturated carbocycles. The van der Waals surface area contributed by atoms with Crippen LogP contribution < -0.4 is 10.9 Å². The number of hydrogen-bond donors (Lipinski definition) is 0. The van der Waals surface area contributed by atoms with Gasteiger partial charge in [-0.05, 0) is 13.8 Å². The Hall–Kier alpha value is -2.33. The molecule has 3 aromatic rings. The molecule has 3 rings (SSSR count). The van der Waals surface area contributed by atoms with E-state index in [0.29, 0.717) is 12.5 Å². The minimum Gasteiger partial charge on any atom is -0.377 e. The SMILES string of the molecule is CC(C)B(c1ccccc1)c1ccccc1.CCOC(C)Cn1ccnc1. The third kappa shape index (κ3) is 7.07. The molecular formula is C23H31BN2O.